The Morgan fingerprint density at radius 2 is 0.829 bits per heavy atom. The van der Waals surface area contributed by atoms with E-state index < -0.39 is 0 Å². The van der Waals surface area contributed by atoms with E-state index in [1.54, 1.807) is 56.9 Å². The number of hydrogen-bond donors (Lipinski definition) is 0. The fourth-order valence-electron chi connectivity index (χ4n) is 10.4. The second-order valence-electron chi connectivity index (χ2n) is 19.1. The predicted octanol–water partition coefficient (Wildman–Crippen LogP) is 9.01. The van der Waals surface area contributed by atoms with Crippen molar-refractivity contribution >= 4 is 11.9 Å². The first kappa shape index (κ1) is 53.2. The average molecular weight is 969 g/mol. The standard InChI is InChI=1S/C56H76N2O12/c1-57(35-41(27-39-19-21-47(61-3)49(29-39)63-5)45-33-53(67-9)51(65-7)31-43(45)37-57)23-15-25-69-55(59)17-13-11-12-14-18-56(60)70-26-16-24-58(2)36-42(28-40-20-22-48(62-4)50(30-40)64-6)46-34-54(68-10)52(66-8)32-44(46)38-58/h11-12,19-22,29-34,41-42H,13-18,23-28,35-38H2,1-10H3/q+2/b12-11+/t41-,42+,57-,58+. The number of hydrogen-bond acceptors (Lipinski definition) is 12. The van der Waals surface area contributed by atoms with Crippen LogP contribution in [0.3, 0.4) is 0 Å². The first-order valence-corrected chi connectivity index (χ1v) is 24.4. The van der Waals surface area contributed by atoms with Gasteiger partial charge in [-0.25, -0.2) is 0 Å². The Morgan fingerprint density at radius 3 is 1.19 bits per heavy atom. The highest BCUT2D eigenvalue weighted by Gasteiger charge is 2.38. The van der Waals surface area contributed by atoms with Crippen LogP contribution in [0.5, 0.6) is 46.0 Å². The van der Waals surface area contributed by atoms with Crippen LogP contribution in [0.2, 0.25) is 0 Å². The van der Waals surface area contributed by atoms with E-state index in [1.807, 2.05) is 24.3 Å². The van der Waals surface area contributed by atoms with Crippen molar-refractivity contribution in [3.8, 4) is 46.0 Å². The smallest absolute Gasteiger partial charge is 0.306 e. The fourth-order valence-corrected chi connectivity index (χ4v) is 10.4. The quantitative estimate of drug-likeness (QED) is 0.0258. The molecule has 4 aromatic carbocycles. The Hall–Kier alpha value is -6.12. The lowest BCUT2D eigenvalue weighted by Gasteiger charge is -2.43. The minimum absolute atomic E-state index is 0.213. The van der Waals surface area contributed by atoms with Crippen LogP contribution in [-0.4, -0.2) is 131 Å². The Morgan fingerprint density at radius 1 is 0.486 bits per heavy atom. The second kappa shape index (κ2) is 25.1. The second-order valence-corrected chi connectivity index (χ2v) is 19.1. The van der Waals surface area contributed by atoms with Crippen LogP contribution >= 0.6 is 0 Å². The van der Waals surface area contributed by atoms with E-state index in [0.29, 0.717) is 60.6 Å². The number of carbonyl (C=O) groups is 2. The van der Waals surface area contributed by atoms with Gasteiger partial charge in [-0.2, -0.15) is 0 Å². The van der Waals surface area contributed by atoms with Gasteiger partial charge in [0.1, 0.15) is 13.1 Å². The third-order valence-corrected chi connectivity index (χ3v) is 13.9. The number of fused-ring (bicyclic) bond motifs is 2. The van der Waals surface area contributed by atoms with Crippen molar-refractivity contribution in [2.75, 3.05) is 110 Å². The Balaban J connectivity index is 0.913. The average Bonchev–Trinajstić information content (AvgIpc) is 3.36. The molecule has 0 amide bonds. The molecule has 70 heavy (non-hydrogen) atoms. The summed E-state index contributed by atoms with van der Waals surface area (Å²) in [5.74, 6) is 5.67. The number of methoxy groups -OCH3 is 8. The summed E-state index contributed by atoms with van der Waals surface area (Å²) in [6.07, 6.45) is 8.65. The number of quaternary nitrogens is 2. The third kappa shape index (κ3) is 13.8. The highest BCUT2D eigenvalue weighted by Crippen LogP contribution is 2.43. The molecular weight excluding hydrogens is 893 g/mol. The summed E-state index contributed by atoms with van der Waals surface area (Å²) in [6, 6.07) is 20.7. The maximum absolute atomic E-state index is 12.7. The zero-order valence-corrected chi connectivity index (χ0v) is 43.2. The molecule has 14 heteroatoms. The van der Waals surface area contributed by atoms with E-state index in [2.05, 4.69) is 62.6 Å². The third-order valence-electron chi connectivity index (χ3n) is 13.9. The van der Waals surface area contributed by atoms with Gasteiger partial charge >= 0.3 is 11.9 Å². The summed E-state index contributed by atoms with van der Waals surface area (Å²) >= 11 is 0. The zero-order valence-electron chi connectivity index (χ0n) is 43.2. The van der Waals surface area contributed by atoms with E-state index >= 15 is 0 Å². The van der Waals surface area contributed by atoms with Crippen molar-refractivity contribution in [1.82, 2.24) is 0 Å². The summed E-state index contributed by atoms with van der Waals surface area (Å²) in [6.45, 7) is 5.89. The molecule has 14 nitrogen and oxygen atoms in total. The van der Waals surface area contributed by atoms with Gasteiger partial charge < -0.3 is 56.3 Å². The largest absolute Gasteiger partial charge is 0.493 e. The van der Waals surface area contributed by atoms with Crippen LogP contribution in [-0.2, 0) is 45.0 Å². The molecule has 0 aliphatic carbocycles. The number of allylic oxidation sites excluding steroid dienone is 2. The molecule has 0 aromatic heterocycles. The first-order chi connectivity index (χ1) is 33.8. The molecule has 380 valence electrons. The van der Waals surface area contributed by atoms with Crippen molar-refractivity contribution in [2.24, 2.45) is 0 Å². The lowest BCUT2D eigenvalue weighted by Crippen LogP contribution is -2.50. The van der Waals surface area contributed by atoms with Crippen LogP contribution in [0.1, 0.15) is 83.7 Å². The summed E-state index contributed by atoms with van der Waals surface area (Å²) < 4.78 is 57.9. The minimum Gasteiger partial charge on any atom is -0.493 e. The molecule has 0 fully saturated rings. The van der Waals surface area contributed by atoms with Crippen LogP contribution in [0.15, 0.2) is 72.8 Å². The minimum atomic E-state index is -0.224. The highest BCUT2D eigenvalue weighted by molar-refractivity contribution is 5.70. The monoisotopic (exact) mass is 969 g/mol. The van der Waals surface area contributed by atoms with Gasteiger partial charge in [0.25, 0.3) is 0 Å². The van der Waals surface area contributed by atoms with Crippen molar-refractivity contribution in [3.63, 3.8) is 0 Å². The van der Waals surface area contributed by atoms with Gasteiger partial charge in [-0.1, -0.05) is 24.3 Å². The van der Waals surface area contributed by atoms with Crippen LogP contribution in [0.25, 0.3) is 0 Å². The van der Waals surface area contributed by atoms with Gasteiger partial charge in [0.2, 0.25) is 0 Å². The van der Waals surface area contributed by atoms with Gasteiger partial charge in [-0.3, -0.25) is 9.59 Å². The van der Waals surface area contributed by atoms with Gasteiger partial charge in [0, 0.05) is 48.6 Å². The van der Waals surface area contributed by atoms with E-state index in [-0.39, 0.29) is 36.6 Å². The SMILES string of the molecule is COc1ccc(C[C@@H]2C[N@@+](C)(CCCOC(=O)CC/C=C/CCC(=O)OCCC[N@+]3(C)Cc4cc(OC)c(OC)cc4[C@@H](Cc4ccc(OC)c(OC)c4)C3)Cc3cc(OC)c(OC)cc32)cc1OC. The Bertz CT molecular complexity index is 2260. The van der Waals surface area contributed by atoms with Crippen molar-refractivity contribution < 1.29 is 65.9 Å². The number of esters is 2. The molecule has 2 heterocycles. The molecule has 4 atom stereocenters. The maximum Gasteiger partial charge on any atom is 0.306 e. The number of benzene rings is 4. The molecule has 0 radical (unpaired) electrons. The predicted molar refractivity (Wildman–Crippen MR) is 269 cm³/mol. The molecule has 2 aliphatic rings. The molecule has 0 saturated carbocycles. The lowest BCUT2D eigenvalue weighted by atomic mass is 9.83. The number of carbonyl (C=O) groups excluding carboxylic acids is 2. The van der Waals surface area contributed by atoms with E-state index in [4.69, 9.17) is 47.4 Å². The molecule has 4 aromatic rings. The normalized spacial score (nSPS) is 19.3. The highest BCUT2D eigenvalue weighted by atomic mass is 16.5. The van der Waals surface area contributed by atoms with Crippen LogP contribution < -0.4 is 37.9 Å². The van der Waals surface area contributed by atoms with Gasteiger partial charge in [-0.05, 0) is 96.5 Å². The summed E-state index contributed by atoms with van der Waals surface area (Å²) in [5.41, 5.74) is 7.28. The fraction of sp³-hybridized carbons (Fsp3) is 0.500. The van der Waals surface area contributed by atoms with Crippen molar-refractivity contribution in [2.45, 2.75) is 76.3 Å². The summed E-state index contributed by atoms with van der Waals surface area (Å²) in [4.78, 5) is 25.4. The van der Waals surface area contributed by atoms with Crippen LogP contribution in [0.4, 0.5) is 0 Å². The molecule has 6 rings (SSSR count). The molecule has 0 saturated heterocycles. The Kier molecular flexibility index (Phi) is 19.1. The Labute approximate surface area is 415 Å². The van der Waals surface area contributed by atoms with Crippen LogP contribution in [0, 0.1) is 0 Å². The number of nitrogens with zero attached hydrogens (tertiary/aromatic N) is 2. The summed E-state index contributed by atoms with van der Waals surface area (Å²) in [5, 5.41) is 0. The molecule has 0 N–H and O–H groups in total. The first-order valence-electron chi connectivity index (χ1n) is 24.4. The maximum atomic E-state index is 12.7. The summed E-state index contributed by atoms with van der Waals surface area (Å²) in [7, 11) is 17.8. The van der Waals surface area contributed by atoms with E-state index in [0.717, 1.165) is 96.5 Å². The molecule has 2 aliphatic heterocycles. The van der Waals surface area contributed by atoms with Gasteiger partial charge in [-0.15, -0.1) is 0 Å². The molecular formula is C56H76N2O12+2. The van der Waals surface area contributed by atoms with Gasteiger partial charge in [0.15, 0.2) is 46.0 Å². The van der Waals surface area contributed by atoms with E-state index in [1.165, 1.54) is 22.3 Å². The van der Waals surface area contributed by atoms with Gasteiger partial charge in [0.05, 0.1) is 110 Å². The van der Waals surface area contributed by atoms with E-state index in [9.17, 15) is 9.59 Å². The number of ether oxygens (including phenoxy) is 10. The number of likely N-dealkylation sites (N-methyl/N-ethyl adjacent to an activating group) is 2. The number of rotatable bonds is 26. The topological polar surface area (TPSA) is 126 Å². The molecule has 0 bridgehead atoms. The van der Waals surface area contributed by atoms with Crippen molar-refractivity contribution in [3.05, 3.63) is 106 Å². The van der Waals surface area contributed by atoms with Crippen molar-refractivity contribution in [1.29, 1.82) is 0 Å². The molecule has 0 spiro atoms. The molecule has 0 unspecified atom stereocenters. The zero-order chi connectivity index (χ0) is 50.3. The lowest BCUT2D eigenvalue weighted by molar-refractivity contribution is -0.926.